The van der Waals surface area contributed by atoms with Crippen molar-refractivity contribution in [1.82, 2.24) is 10.3 Å². The second-order valence-electron chi connectivity index (χ2n) is 4.74. The van der Waals surface area contributed by atoms with Gasteiger partial charge in [0.25, 0.3) is 0 Å². The van der Waals surface area contributed by atoms with Gasteiger partial charge in [-0.3, -0.25) is 0 Å². The van der Waals surface area contributed by atoms with E-state index in [4.69, 9.17) is 5.11 Å². The molecule has 21 heavy (non-hydrogen) atoms. The summed E-state index contributed by atoms with van der Waals surface area (Å²) in [4.78, 5) is 17.4. The van der Waals surface area contributed by atoms with Gasteiger partial charge in [0.15, 0.2) is 5.69 Å². The van der Waals surface area contributed by atoms with E-state index < -0.39 is 5.97 Å². The van der Waals surface area contributed by atoms with E-state index in [9.17, 15) is 9.90 Å². The molecule has 1 saturated heterocycles. The van der Waals surface area contributed by atoms with Crippen molar-refractivity contribution < 1.29 is 15.0 Å². The van der Waals surface area contributed by atoms with E-state index in [1.807, 2.05) is 12.1 Å². The van der Waals surface area contributed by atoms with Gasteiger partial charge in [-0.15, -0.1) is 12.4 Å². The Balaban J connectivity index is 0.00000161. The fourth-order valence-corrected chi connectivity index (χ4v) is 2.49. The van der Waals surface area contributed by atoms with Crippen molar-refractivity contribution >= 4 is 35.0 Å². The molecular formula is C14H16ClN3O3. The van der Waals surface area contributed by atoms with Crippen LogP contribution in [-0.4, -0.2) is 47.3 Å². The maximum Gasteiger partial charge on any atom is 0.354 e. The number of carboxylic acids is 1. The standard InChI is InChI=1S/C14H15N3O3.ClH/c18-12-8-10(14(19)20)16-13-9(12)2-1-3-11(13)17-6-4-15-5-7-17;/h1-3,8,15H,4-7H2,(H,16,18)(H,19,20);1H. The molecular weight excluding hydrogens is 294 g/mol. The molecule has 1 aromatic carbocycles. The molecule has 0 radical (unpaired) electrons. The van der Waals surface area contributed by atoms with E-state index in [0.717, 1.165) is 31.9 Å². The fraction of sp³-hybridized carbons (Fsp3) is 0.286. The van der Waals surface area contributed by atoms with Crippen LogP contribution in [0.2, 0.25) is 0 Å². The molecule has 1 aliphatic rings. The van der Waals surface area contributed by atoms with E-state index in [1.165, 1.54) is 6.07 Å². The van der Waals surface area contributed by atoms with Crippen LogP contribution in [-0.2, 0) is 0 Å². The Hall–Kier alpha value is -2.05. The molecule has 1 aliphatic heterocycles. The normalized spacial score (nSPS) is 14.8. The molecule has 7 heteroatoms. The molecule has 0 bridgehead atoms. The highest BCUT2D eigenvalue weighted by Crippen LogP contribution is 2.31. The summed E-state index contributed by atoms with van der Waals surface area (Å²) in [7, 11) is 0. The largest absolute Gasteiger partial charge is 0.507 e. The molecule has 0 unspecified atom stereocenters. The number of hydrogen-bond donors (Lipinski definition) is 3. The Labute approximate surface area is 127 Å². The Morgan fingerprint density at radius 1 is 1.29 bits per heavy atom. The number of rotatable bonds is 2. The summed E-state index contributed by atoms with van der Waals surface area (Å²) in [5.74, 6) is -1.19. The van der Waals surface area contributed by atoms with Gasteiger partial charge in [0.1, 0.15) is 5.75 Å². The van der Waals surface area contributed by atoms with Crippen LogP contribution in [0, 0.1) is 0 Å². The van der Waals surface area contributed by atoms with Crippen LogP contribution in [0.15, 0.2) is 24.3 Å². The molecule has 2 heterocycles. The van der Waals surface area contributed by atoms with Crippen molar-refractivity contribution in [2.75, 3.05) is 31.1 Å². The quantitative estimate of drug-likeness (QED) is 0.779. The molecule has 1 aromatic heterocycles. The molecule has 0 aliphatic carbocycles. The van der Waals surface area contributed by atoms with Gasteiger partial charge in [-0.2, -0.15) is 0 Å². The summed E-state index contributed by atoms with van der Waals surface area (Å²) in [6.07, 6.45) is 0. The zero-order valence-electron chi connectivity index (χ0n) is 11.2. The van der Waals surface area contributed by atoms with Crippen LogP contribution >= 0.6 is 12.4 Å². The van der Waals surface area contributed by atoms with Crippen molar-refractivity contribution in [1.29, 1.82) is 0 Å². The number of carboxylic acid groups (broad SMARTS) is 1. The number of hydrogen-bond acceptors (Lipinski definition) is 5. The first-order valence-corrected chi connectivity index (χ1v) is 6.48. The van der Waals surface area contributed by atoms with Crippen LogP contribution in [0.4, 0.5) is 5.69 Å². The number of benzene rings is 1. The Morgan fingerprint density at radius 3 is 2.67 bits per heavy atom. The van der Waals surface area contributed by atoms with Gasteiger partial charge in [-0.25, -0.2) is 9.78 Å². The predicted molar refractivity (Wildman–Crippen MR) is 82.7 cm³/mol. The highest BCUT2D eigenvalue weighted by atomic mass is 35.5. The third-order valence-corrected chi connectivity index (χ3v) is 3.47. The van der Waals surface area contributed by atoms with Gasteiger partial charge in [0, 0.05) is 37.6 Å². The number of nitrogens with one attached hydrogen (secondary N) is 1. The first-order valence-electron chi connectivity index (χ1n) is 6.48. The number of aromatic hydroxyl groups is 1. The minimum absolute atomic E-state index is 0. The highest BCUT2D eigenvalue weighted by Gasteiger charge is 2.17. The molecule has 0 amide bonds. The summed E-state index contributed by atoms with van der Waals surface area (Å²) in [5.41, 5.74) is 1.26. The van der Waals surface area contributed by atoms with Crippen LogP contribution < -0.4 is 10.2 Å². The van der Waals surface area contributed by atoms with Crippen molar-refractivity contribution in [3.8, 4) is 5.75 Å². The molecule has 1 fully saturated rings. The Morgan fingerprint density at radius 2 is 2.00 bits per heavy atom. The monoisotopic (exact) mass is 309 g/mol. The Bertz CT molecular complexity index is 672. The number of para-hydroxylation sites is 1. The minimum Gasteiger partial charge on any atom is -0.507 e. The van der Waals surface area contributed by atoms with E-state index in [-0.39, 0.29) is 23.9 Å². The van der Waals surface area contributed by atoms with Gasteiger partial charge >= 0.3 is 5.97 Å². The fourth-order valence-electron chi connectivity index (χ4n) is 2.49. The van der Waals surface area contributed by atoms with Crippen molar-refractivity contribution in [2.45, 2.75) is 0 Å². The van der Waals surface area contributed by atoms with Gasteiger partial charge in [0.2, 0.25) is 0 Å². The zero-order valence-corrected chi connectivity index (χ0v) is 12.1. The lowest BCUT2D eigenvalue weighted by atomic mass is 10.1. The average Bonchev–Trinajstić information content (AvgIpc) is 2.47. The van der Waals surface area contributed by atoms with Crippen molar-refractivity contribution in [2.24, 2.45) is 0 Å². The number of piperazine rings is 1. The molecule has 2 aromatic rings. The van der Waals surface area contributed by atoms with Gasteiger partial charge in [0.05, 0.1) is 11.2 Å². The zero-order chi connectivity index (χ0) is 14.1. The SMILES string of the molecule is Cl.O=C(O)c1cc(O)c2cccc(N3CCNCC3)c2n1. The summed E-state index contributed by atoms with van der Waals surface area (Å²) < 4.78 is 0. The number of carbonyl (C=O) groups is 1. The van der Waals surface area contributed by atoms with Gasteiger partial charge in [-0.05, 0) is 12.1 Å². The van der Waals surface area contributed by atoms with E-state index in [0.29, 0.717) is 10.9 Å². The lowest BCUT2D eigenvalue weighted by Gasteiger charge is -2.30. The van der Waals surface area contributed by atoms with E-state index in [1.54, 1.807) is 6.07 Å². The van der Waals surface area contributed by atoms with Crippen LogP contribution in [0.3, 0.4) is 0 Å². The summed E-state index contributed by atoms with van der Waals surface area (Å²) in [6, 6.07) is 6.69. The highest BCUT2D eigenvalue weighted by molar-refractivity contribution is 5.98. The summed E-state index contributed by atoms with van der Waals surface area (Å²) >= 11 is 0. The van der Waals surface area contributed by atoms with Crippen LogP contribution in [0.25, 0.3) is 10.9 Å². The number of nitrogens with zero attached hydrogens (tertiary/aromatic N) is 2. The number of anilines is 1. The smallest absolute Gasteiger partial charge is 0.354 e. The Kier molecular flexibility index (Phi) is 4.50. The number of aromatic carboxylic acids is 1. The molecule has 112 valence electrons. The first kappa shape index (κ1) is 15.3. The van der Waals surface area contributed by atoms with Gasteiger partial charge in [-0.1, -0.05) is 6.07 Å². The third-order valence-electron chi connectivity index (χ3n) is 3.47. The molecule has 6 nitrogen and oxygen atoms in total. The topological polar surface area (TPSA) is 85.7 Å². The molecule has 0 saturated carbocycles. The number of halogens is 1. The lowest BCUT2D eigenvalue weighted by Crippen LogP contribution is -2.43. The van der Waals surface area contributed by atoms with Crippen molar-refractivity contribution in [3.05, 3.63) is 30.0 Å². The number of aromatic nitrogens is 1. The average molecular weight is 310 g/mol. The number of pyridine rings is 1. The van der Waals surface area contributed by atoms with Crippen molar-refractivity contribution in [3.63, 3.8) is 0 Å². The third kappa shape index (κ3) is 2.86. The van der Waals surface area contributed by atoms with Gasteiger partial charge < -0.3 is 20.4 Å². The van der Waals surface area contributed by atoms with Crippen LogP contribution in [0.1, 0.15) is 10.5 Å². The maximum absolute atomic E-state index is 11.1. The second-order valence-corrected chi connectivity index (χ2v) is 4.74. The summed E-state index contributed by atoms with van der Waals surface area (Å²) in [6.45, 7) is 3.42. The summed E-state index contributed by atoms with van der Waals surface area (Å²) in [5, 5.41) is 22.9. The minimum atomic E-state index is -1.14. The first-order chi connectivity index (χ1) is 9.66. The number of fused-ring (bicyclic) bond motifs is 1. The van der Waals surface area contributed by atoms with E-state index >= 15 is 0 Å². The lowest BCUT2D eigenvalue weighted by molar-refractivity contribution is 0.0690. The molecule has 0 atom stereocenters. The second kappa shape index (κ2) is 6.15. The molecule has 3 N–H and O–H groups in total. The molecule has 0 spiro atoms. The van der Waals surface area contributed by atoms with E-state index in [2.05, 4.69) is 15.2 Å². The predicted octanol–water partition coefficient (Wildman–Crippen LogP) is 1.47. The maximum atomic E-state index is 11.1. The van der Waals surface area contributed by atoms with Crippen LogP contribution in [0.5, 0.6) is 5.75 Å². The molecule has 3 rings (SSSR count).